The van der Waals surface area contributed by atoms with Gasteiger partial charge in [0.15, 0.2) is 5.82 Å². The van der Waals surface area contributed by atoms with E-state index in [0.29, 0.717) is 5.92 Å². The lowest BCUT2D eigenvalue weighted by Crippen LogP contribution is -2.21. The van der Waals surface area contributed by atoms with Crippen molar-refractivity contribution >= 4 is 11.8 Å². The highest BCUT2D eigenvalue weighted by Gasteiger charge is 2.24. The summed E-state index contributed by atoms with van der Waals surface area (Å²) in [5.74, 6) is 0.455. The molecule has 1 unspecified atom stereocenters. The molecule has 0 spiro atoms. The Bertz CT molecular complexity index is 672. The van der Waals surface area contributed by atoms with Crippen LogP contribution in [-0.2, 0) is 6.42 Å². The molecule has 22 heavy (non-hydrogen) atoms. The van der Waals surface area contributed by atoms with E-state index in [-0.39, 0.29) is 5.56 Å². The van der Waals surface area contributed by atoms with E-state index in [1.165, 1.54) is 6.20 Å². The molecule has 3 rings (SSSR count). The van der Waals surface area contributed by atoms with E-state index in [0.717, 1.165) is 43.0 Å². The minimum absolute atomic E-state index is 0.247. The fourth-order valence-corrected chi connectivity index (χ4v) is 2.82. The molecular weight excluding hydrogens is 280 g/mol. The van der Waals surface area contributed by atoms with Crippen molar-refractivity contribution in [3.63, 3.8) is 0 Å². The molecule has 1 saturated heterocycles. The number of anilines is 1. The summed E-state index contributed by atoms with van der Waals surface area (Å²) >= 11 is 0. The molecule has 1 aliphatic heterocycles. The minimum Gasteiger partial charge on any atom is -0.478 e. The molecule has 0 aromatic carbocycles. The van der Waals surface area contributed by atoms with Crippen molar-refractivity contribution in [2.24, 2.45) is 5.92 Å². The van der Waals surface area contributed by atoms with Gasteiger partial charge in [0.1, 0.15) is 0 Å². The lowest BCUT2D eigenvalue weighted by atomic mass is 9.99. The molecule has 1 atom stereocenters. The van der Waals surface area contributed by atoms with Crippen molar-refractivity contribution < 1.29 is 9.90 Å². The molecule has 1 aliphatic rings. The zero-order valence-corrected chi connectivity index (χ0v) is 12.4. The third kappa shape index (κ3) is 3.21. The van der Waals surface area contributed by atoms with E-state index >= 15 is 0 Å². The number of rotatable bonds is 4. The Morgan fingerprint density at radius 2 is 2.23 bits per heavy atom. The fourth-order valence-electron chi connectivity index (χ4n) is 2.82. The zero-order chi connectivity index (χ0) is 15.5. The van der Waals surface area contributed by atoms with E-state index < -0.39 is 5.97 Å². The van der Waals surface area contributed by atoms with Gasteiger partial charge in [0.05, 0.1) is 11.3 Å². The average molecular weight is 298 g/mol. The van der Waals surface area contributed by atoms with Crippen molar-refractivity contribution in [3.8, 4) is 0 Å². The van der Waals surface area contributed by atoms with Crippen LogP contribution in [0.4, 0.5) is 5.82 Å². The second-order valence-electron chi connectivity index (χ2n) is 5.72. The van der Waals surface area contributed by atoms with Crippen molar-refractivity contribution in [1.82, 2.24) is 15.2 Å². The number of aryl methyl sites for hydroxylation is 1. The number of aromatic carboxylic acids is 1. The maximum atomic E-state index is 11.0. The summed E-state index contributed by atoms with van der Waals surface area (Å²) in [6, 6.07) is 5.68. The van der Waals surface area contributed by atoms with Crippen LogP contribution < -0.4 is 4.90 Å². The van der Waals surface area contributed by atoms with Crippen LogP contribution in [0.3, 0.4) is 0 Å². The van der Waals surface area contributed by atoms with Gasteiger partial charge in [0.25, 0.3) is 0 Å². The molecule has 0 bridgehead atoms. The van der Waals surface area contributed by atoms with Crippen LogP contribution in [0.2, 0.25) is 0 Å². The maximum absolute atomic E-state index is 11.0. The van der Waals surface area contributed by atoms with Gasteiger partial charge < -0.3 is 10.0 Å². The third-order valence-electron chi connectivity index (χ3n) is 3.96. The third-order valence-corrected chi connectivity index (χ3v) is 3.96. The van der Waals surface area contributed by atoms with E-state index in [4.69, 9.17) is 5.11 Å². The lowest BCUT2D eigenvalue weighted by Gasteiger charge is -2.16. The fraction of sp³-hybridized carbons (Fsp3) is 0.375. The number of carbonyl (C=O) groups is 1. The molecule has 1 N–H and O–H groups in total. The lowest BCUT2D eigenvalue weighted by molar-refractivity contribution is 0.0696. The summed E-state index contributed by atoms with van der Waals surface area (Å²) in [6.45, 7) is 3.79. The smallest absolute Gasteiger partial charge is 0.337 e. The first-order valence-corrected chi connectivity index (χ1v) is 7.34. The van der Waals surface area contributed by atoms with Crippen LogP contribution in [0.1, 0.15) is 28.0 Å². The van der Waals surface area contributed by atoms with Crippen LogP contribution >= 0.6 is 0 Å². The van der Waals surface area contributed by atoms with Crippen LogP contribution in [0.25, 0.3) is 0 Å². The first kappa shape index (κ1) is 14.4. The zero-order valence-electron chi connectivity index (χ0n) is 12.4. The van der Waals surface area contributed by atoms with Gasteiger partial charge in [0, 0.05) is 25.5 Å². The molecule has 114 valence electrons. The van der Waals surface area contributed by atoms with Gasteiger partial charge in [-0.05, 0) is 49.4 Å². The molecule has 1 fully saturated rings. The first-order valence-electron chi connectivity index (χ1n) is 7.34. The summed E-state index contributed by atoms with van der Waals surface area (Å²) in [4.78, 5) is 17.2. The highest BCUT2D eigenvalue weighted by molar-refractivity contribution is 5.87. The molecule has 0 radical (unpaired) electrons. The van der Waals surface area contributed by atoms with Crippen molar-refractivity contribution in [1.29, 1.82) is 0 Å². The molecule has 6 heteroatoms. The minimum atomic E-state index is -0.933. The molecule has 3 heterocycles. The number of carboxylic acid groups (broad SMARTS) is 1. The number of nitrogens with zero attached hydrogens (tertiary/aromatic N) is 4. The summed E-state index contributed by atoms with van der Waals surface area (Å²) in [5, 5.41) is 17.3. The number of hydrogen-bond donors (Lipinski definition) is 1. The Morgan fingerprint density at radius 1 is 1.36 bits per heavy atom. The maximum Gasteiger partial charge on any atom is 0.337 e. The Kier molecular flexibility index (Phi) is 4.00. The van der Waals surface area contributed by atoms with Gasteiger partial charge in [-0.25, -0.2) is 4.79 Å². The number of aromatic nitrogens is 3. The Balaban J connectivity index is 1.64. The van der Waals surface area contributed by atoms with Crippen LogP contribution in [0.15, 0.2) is 30.6 Å². The van der Waals surface area contributed by atoms with E-state index in [1.807, 2.05) is 19.1 Å². The molecule has 2 aromatic heterocycles. The highest BCUT2D eigenvalue weighted by atomic mass is 16.4. The van der Waals surface area contributed by atoms with Crippen molar-refractivity contribution in [2.45, 2.75) is 19.8 Å². The van der Waals surface area contributed by atoms with Gasteiger partial charge in [0.2, 0.25) is 0 Å². The second kappa shape index (κ2) is 6.09. The van der Waals surface area contributed by atoms with Crippen LogP contribution in [0.5, 0.6) is 0 Å². The molecule has 0 amide bonds. The predicted molar refractivity (Wildman–Crippen MR) is 82.0 cm³/mol. The number of carboxylic acids is 1. The van der Waals surface area contributed by atoms with E-state index in [1.54, 1.807) is 12.3 Å². The molecule has 6 nitrogen and oxygen atoms in total. The summed E-state index contributed by atoms with van der Waals surface area (Å²) in [5.41, 5.74) is 2.13. The molecule has 2 aromatic rings. The van der Waals surface area contributed by atoms with E-state index in [9.17, 15) is 4.79 Å². The van der Waals surface area contributed by atoms with Crippen molar-refractivity contribution in [3.05, 3.63) is 47.4 Å². The number of pyridine rings is 1. The predicted octanol–water partition coefficient (Wildman–Crippen LogP) is 1.95. The van der Waals surface area contributed by atoms with Crippen molar-refractivity contribution in [2.75, 3.05) is 18.0 Å². The van der Waals surface area contributed by atoms with Gasteiger partial charge in [-0.2, -0.15) is 5.10 Å². The summed E-state index contributed by atoms with van der Waals surface area (Å²) < 4.78 is 0. The largest absolute Gasteiger partial charge is 0.478 e. The molecule has 0 saturated carbocycles. The van der Waals surface area contributed by atoms with Gasteiger partial charge >= 0.3 is 5.97 Å². The highest BCUT2D eigenvalue weighted by Crippen LogP contribution is 2.24. The van der Waals surface area contributed by atoms with E-state index in [2.05, 4.69) is 20.1 Å². The molecular formula is C16H18N4O2. The summed E-state index contributed by atoms with van der Waals surface area (Å²) in [6.07, 6.45) is 5.03. The van der Waals surface area contributed by atoms with Gasteiger partial charge in [-0.3, -0.25) is 4.98 Å². The topological polar surface area (TPSA) is 79.2 Å². The second-order valence-corrected chi connectivity index (χ2v) is 5.72. The standard InChI is InChI=1S/C16H18N4O2/c1-11-2-3-15(19-18-11)20-5-4-12(10-20)6-13-7-14(16(21)22)9-17-8-13/h2-3,7-9,12H,4-6,10H2,1H3,(H,21,22). The monoisotopic (exact) mass is 298 g/mol. The quantitative estimate of drug-likeness (QED) is 0.929. The van der Waals surface area contributed by atoms with Gasteiger partial charge in [-0.15, -0.1) is 5.10 Å². The Morgan fingerprint density at radius 3 is 2.95 bits per heavy atom. The SMILES string of the molecule is Cc1ccc(N2CCC(Cc3cncc(C(=O)O)c3)C2)nn1. The Hall–Kier alpha value is -2.50. The first-order chi connectivity index (χ1) is 10.6. The Labute approximate surface area is 128 Å². The normalized spacial score (nSPS) is 17.7. The van der Waals surface area contributed by atoms with Crippen LogP contribution in [-0.4, -0.2) is 39.3 Å². The number of hydrogen-bond acceptors (Lipinski definition) is 5. The van der Waals surface area contributed by atoms with Gasteiger partial charge in [-0.1, -0.05) is 0 Å². The summed E-state index contributed by atoms with van der Waals surface area (Å²) in [7, 11) is 0. The average Bonchev–Trinajstić information content (AvgIpc) is 2.96. The molecule has 0 aliphatic carbocycles. The van der Waals surface area contributed by atoms with Crippen LogP contribution in [0, 0.1) is 12.8 Å².